The van der Waals surface area contributed by atoms with Crippen LogP contribution < -0.4 is 5.32 Å². The number of ketones is 1. The summed E-state index contributed by atoms with van der Waals surface area (Å²) in [6, 6.07) is 6.39. The average Bonchev–Trinajstić information content (AvgIpc) is 2.71. The van der Waals surface area contributed by atoms with E-state index in [0.29, 0.717) is 5.56 Å². The van der Waals surface area contributed by atoms with E-state index in [4.69, 9.17) is 5.11 Å². The SMILES string of the molecule is Cl.O=C(c1ccc(O)cc1)C1CCCN1. The summed E-state index contributed by atoms with van der Waals surface area (Å²) in [4.78, 5) is 11.8. The van der Waals surface area contributed by atoms with Crippen LogP contribution in [0.15, 0.2) is 24.3 Å². The number of benzene rings is 1. The minimum absolute atomic E-state index is 0. The molecule has 3 nitrogen and oxygen atoms in total. The highest BCUT2D eigenvalue weighted by Gasteiger charge is 2.22. The summed E-state index contributed by atoms with van der Waals surface area (Å²) < 4.78 is 0. The van der Waals surface area contributed by atoms with Crippen LogP contribution in [-0.4, -0.2) is 23.5 Å². The van der Waals surface area contributed by atoms with Crippen molar-refractivity contribution in [1.82, 2.24) is 5.32 Å². The summed E-state index contributed by atoms with van der Waals surface area (Å²) in [6.45, 7) is 0.925. The Hall–Kier alpha value is -1.06. The van der Waals surface area contributed by atoms with Crippen molar-refractivity contribution < 1.29 is 9.90 Å². The lowest BCUT2D eigenvalue weighted by molar-refractivity contribution is 0.0952. The number of halogens is 1. The molecule has 4 heteroatoms. The van der Waals surface area contributed by atoms with Gasteiger partial charge in [0.1, 0.15) is 5.75 Å². The molecule has 0 spiro atoms. The predicted molar refractivity (Wildman–Crippen MR) is 60.7 cm³/mol. The molecule has 0 saturated carbocycles. The van der Waals surface area contributed by atoms with Crippen molar-refractivity contribution in [2.75, 3.05) is 6.54 Å². The van der Waals surface area contributed by atoms with Gasteiger partial charge in [0, 0.05) is 5.56 Å². The number of aromatic hydroxyl groups is 1. The maximum atomic E-state index is 11.8. The highest BCUT2D eigenvalue weighted by molar-refractivity contribution is 6.00. The van der Waals surface area contributed by atoms with Gasteiger partial charge < -0.3 is 10.4 Å². The quantitative estimate of drug-likeness (QED) is 0.757. The first-order chi connectivity index (χ1) is 6.77. The maximum Gasteiger partial charge on any atom is 0.179 e. The standard InChI is InChI=1S/C11H13NO2.ClH/c13-9-5-3-8(4-6-9)11(14)10-2-1-7-12-10;/h3-6,10,12-13H,1-2,7H2;1H. The summed E-state index contributed by atoms with van der Waals surface area (Å²) in [6.07, 6.45) is 1.98. The number of hydrogen-bond donors (Lipinski definition) is 2. The molecule has 0 aromatic heterocycles. The number of Topliss-reactive ketones (excluding diaryl/α,β-unsaturated/α-hetero) is 1. The van der Waals surface area contributed by atoms with Crippen LogP contribution in [0.4, 0.5) is 0 Å². The van der Waals surface area contributed by atoms with Crippen molar-refractivity contribution in [2.24, 2.45) is 0 Å². The first-order valence-corrected chi connectivity index (χ1v) is 4.84. The van der Waals surface area contributed by atoms with Gasteiger partial charge in [-0.1, -0.05) is 0 Å². The van der Waals surface area contributed by atoms with E-state index in [9.17, 15) is 4.79 Å². The normalized spacial score (nSPS) is 19.6. The number of nitrogens with one attached hydrogen (secondary N) is 1. The Labute approximate surface area is 94.9 Å². The minimum Gasteiger partial charge on any atom is -0.508 e. The molecule has 2 N–H and O–H groups in total. The molecule has 1 heterocycles. The van der Waals surface area contributed by atoms with Gasteiger partial charge in [0.2, 0.25) is 0 Å². The van der Waals surface area contributed by atoms with Crippen LogP contribution in [0.5, 0.6) is 5.75 Å². The van der Waals surface area contributed by atoms with Crippen LogP contribution >= 0.6 is 12.4 Å². The molecule has 0 radical (unpaired) electrons. The van der Waals surface area contributed by atoms with Gasteiger partial charge in [0.15, 0.2) is 5.78 Å². The van der Waals surface area contributed by atoms with E-state index in [1.807, 2.05) is 0 Å². The fourth-order valence-corrected chi connectivity index (χ4v) is 1.74. The van der Waals surface area contributed by atoms with Crippen molar-refractivity contribution in [3.8, 4) is 5.75 Å². The molecule has 1 aliphatic rings. The molecule has 15 heavy (non-hydrogen) atoms. The second-order valence-corrected chi connectivity index (χ2v) is 3.56. The second kappa shape index (κ2) is 5.14. The van der Waals surface area contributed by atoms with E-state index in [-0.39, 0.29) is 30.0 Å². The highest BCUT2D eigenvalue weighted by Crippen LogP contribution is 2.15. The van der Waals surface area contributed by atoms with Gasteiger partial charge in [-0.3, -0.25) is 4.79 Å². The van der Waals surface area contributed by atoms with Gasteiger partial charge in [0.05, 0.1) is 6.04 Å². The Morgan fingerprint density at radius 1 is 1.33 bits per heavy atom. The molecule has 1 unspecified atom stereocenters. The predicted octanol–water partition coefficient (Wildman–Crippen LogP) is 1.75. The van der Waals surface area contributed by atoms with Crippen LogP contribution in [0.1, 0.15) is 23.2 Å². The van der Waals surface area contributed by atoms with E-state index in [1.165, 1.54) is 0 Å². The molecule has 0 amide bonds. The first kappa shape index (κ1) is 12.0. The summed E-state index contributed by atoms with van der Waals surface area (Å²) in [7, 11) is 0. The molecule has 82 valence electrons. The molecule has 1 fully saturated rings. The molecule has 2 rings (SSSR count). The summed E-state index contributed by atoms with van der Waals surface area (Å²) in [5.41, 5.74) is 0.669. The molecule has 1 saturated heterocycles. The number of rotatable bonds is 2. The zero-order chi connectivity index (χ0) is 9.97. The van der Waals surface area contributed by atoms with Crippen molar-refractivity contribution in [1.29, 1.82) is 0 Å². The van der Waals surface area contributed by atoms with Gasteiger partial charge in [0.25, 0.3) is 0 Å². The number of hydrogen-bond acceptors (Lipinski definition) is 3. The van der Waals surface area contributed by atoms with Crippen molar-refractivity contribution >= 4 is 18.2 Å². The van der Waals surface area contributed by atoms with E-state index >= 15 is 0 Å². The summed E-state index contributed by atoms with van der Waals surface area (Å²) in [5, 5.41) is 12.2. The number of carbonyl (C=O) groups is 1. The molecule has 0 aliphatic carbocycles. The topological polar surface area (TPSA) is 49.3 Å². The Bertz CT molecular complexity index is 331. The second-order valence-electron chi connectivity index (χ2n) is 3.56. The fraction of sp³-hybridized carbons (Fsp3) is 0.364. The van der Waals surface area contributed by atoms with Gasteiger partial charge in [-0.25, -0.2) is 0 Å². The van der Waals surface area contributed by atoms with Crippen LogP contribution in [-0.2, 0) is 0 Å². The third kappa shape index (κ3) is 2.70. The largest absolute Gasteiger partial charge is 0.508 e. The van der Waals surface area contributed by atoms with Crippen molar-refractivity contribution in [3.63, 3.8) is 0 Å². The summed E-state index contributed by atoms with van der Waals surface area (Å²) in [5.74, 6) is 0.323. The van der Waals surface area contributed by atoms with Gasteiger partial charge in [-0.2, -0.15) is 0 Å². The molecule has 1 aromatic carbocycles. The van der Waals surface area contributed by atoms with E-state index in [0.717, 1.165) is 19.4 Å². The zero-order valence-electron chi connectivity index (χ0n) is 8.27. The lowest BCUT2D eigenvalue weighted by atomic mass is 10.0. The van der Waals surface area contributed by atoms with Crippen LogP contribution in [0.25, 0.3) is 0 Å². The molecule has 1 atom stereocenters. The number of phenols is 1. The van der Waals surface area contributed by atoms with Gasteiger partial charge >= 0.3 is 0 Å². The molecular formula is C11H14ClNO2. The van der Waals surface area contributed by atoms with E-state index < -0.39 is 0 Å². The minimum atomic E-state index is -0.0282. The number of carbonyl (C=O) groups excluding carboxylic acids is 1. The lowest BCUT2D eigenvalue weighted by Crippen LogP contribution is -2.30. The molecule has 1 aromatic rings. The molecule has 1 aliphatic heterocycles. The van der Waals surface area contributed by atoms with Crippen molar-refractivity contribution in [3.05, 3.63) is 29.8 Å². The first-order valence-electron chi connectivity index (χ1n) is 4.84. The Balaban J connectivity index is 0.00000112. The van der Waals surface area contributed by atoms with E-state index in [2.05, 4.69) is 5.32 Å². The zero-order valence-corrected chi connectivity index (χ0v) is 9.09. The Morgan fingerprint density at radius 3 is 2.53 bits per heavy atom. The van der Waals surface area contributed by atoms with Gasteiger partial charge in [-0.05, 0) is 43.7 Å². The smallest absolute Gasteiger partial charge is 0.179 e. The third-order valence-corrected chi connectivity index (χ3v) is 2.53. The van der Waals surface area contributed by atoms with Crippen LogP contribution in [0.3, 0.4) is 0 Å². The maximum absolute atomic E-state index is 11.8. The number of phenolic OH excluding ortho intramolecular Hbond substituents is 1. The third-order valence-electron chi connectivity index (χ3n) is 2.53. The molecular weight excluding hydrogens is 214 g/mol. The van der Waals surface area contributed by atoms with E-state index in [1.54, 1.807) is 24.3 Å². The monoisotopic (exact) mass is 227 g/mol. The van der Waals surface area contributed by atoms with Gasteiger partial charge in [-0.15, -0.1) is 12.4 Å². The Morgan fingerprint density at radius 2 is 2.00 bits per heavy atom. The highest BCUT2D eigenvalue weighted by atomic mass is 35.5. The lowest BCUT2D eigenvalue weighted by Gasteiger charge is -2.08. The molecule has 0 bridgehead atoms. The summed E-state index contributed by atoms with van der Waals surface area (Å²) >= 11 is 0. The van der Waals surface area contributed by atoms with Crippen LogP contribution in [0.2, 0.25) is 0 Å². The average molecular weight is 228 g/mol. The fourth-order valence-electron chi connectivity index (χ4n) is 1.74. The van der Waals surface area contributed by atoms with Crippen LogP contribution in [0, 0.1) is 0 Å². The Kier molecular flexibility index (Phi) is 4.12. The van der Waals surface area contributed by atoms with Crippen molar-refractivity contribution in [2.45, 2.75) is 18.9 Å².